The maximum absolute atomic E-state index is 12.1. The number of amides is 1. The van der Waals surface area contributed by atoms with Crippen molar-refractivity contribution in [2.24, 2.45) is 0 Å². The lowest BCUT2D eigenvalue weighted by Crippen LogP contribution is -2.26. The second-order valence-electron chi connectivity index (χ2n) is 3.89. The van der Waals surface area contributed by atoms with Crippen LogP contribution in [0.25, 0.3) is 0 Å². The molecule has 0 aliphatic carbocycles. The van der Waals surface area contributed by atoms with Crippen LogP contribution in [0, 0.1) is 6.92 Å². The van der Waals surface area contributed by atoms with Crippen LogP contribution in [-0.2, 0) is 6.54 Å². The molecule has 0 saturated heterocycles. The van der Waals surface area contributed by atoms with Gasteiger partial charge < -0.3 is 4.90 Å². The predicted molar refractivity (Wildman–Crippen MR) is 71.9 cm³/mol. The van der Waals surface area contributed by atoms with Crippen molar-refractivity contribution in [3.63, 3.8) is 0 Å². The molecule has 6 heteroatoms. The number of halogens is 1. The van der Waals surface area contributed by atoms with Crippen molar-refractivity contribution in [3.8, 4) is 0 Å². The third-order valence-electron chi connectivity index (χ3n) is 2.55. The van der Waals surface area contributed by atoms with Crippen LogP contribution in [-0.4, -0.2) is 27.8 Å². The Morgan fingerprint density at radius 2 is 2.22 bits per heavy atom. The fourth-order valence-electron chi connectivity index (χ4n) is 1.49. The number of carbonyl (C=O) groups excluding carboxylic acids is 1. The highest BCUT2D eigenvalue weighted by molar-refractivity contribution is 7.09. The number of rotatable bonds is 3. The summed E-state index contributed by atoms with van der Waals surface area (Å²) >= 11 is 7.24. The van der Waals surface area contributed by atoms with Gasteiger partial charge in [-0.15, -0.1) is 11.3 Å². The van der Waals surface area contributed by atoms with Crippen molar-refractivity contribution >= 4 is 28.8 Å². The van der Waals surface area contributed by atoms with Gasteiger partial charge in [0.05, 0.1) is 23.3 Å². The first-order valence-corrected chi connectivity index (χ1v) is 6.59. The van der Waals surface area contributed by atoms with Crippen molar-refractivity contribution < 1.29 is 4.79 Å². The van der Waals surface area contributed by atoms with Crippen LogP contribution in [0.15, 0.2) is 23.8 Å². The van der Waals surface area contributed by atoms with E-state index >= 15 is 0 Å². The molecule has 0 radical (unpaired) electrons. The number of hydrogen-bond acceptors (Lipinski definition) is 4. The van der Waals surface area contributed by atoms with Crippen molar-refractivity contribution in [1.29, 1.82) is 0 Å². The average Bonchev–Trinajstić information content (AvgIpc) is 2.75. The summed E-state index contributed by atoms with van der Waals surface area (Å²) in [5, 5.41) is 0.382. The first-order valence-electron chi connectivity index (χ1n) is 5.34. The smallest absolute Gasteiger partial charge is 0.255 e. The summed E-state index contributed by atoms with van der Waals surface area (Å²) in [6, 6.07) is 3.29. The number of aromatic nitrogens is 2. The van der Waals surface area contributed by atoms with Crippen LogP contribution in [0.5, 0.6) is 0 Å². The minimum atomic E-state index is -0.0769. The van der Waals surface area contributed by atoms with E-state index < -0.39 is 0 Å². The van der Waals surface area contributed by atoms with Crippen molar-refractivity contribution in [2.75, 3.05) is 7.05 Å². The number of pyridine rings is 1. The van der Waals surface area contributed by atoms with Gasteiger partial charge >= 0.3 is 0 Å². The van der Waals surface area contributed by atoms with Gasteiger partial charge in [-0.05, 0) is 19.1 Å². The normalized spacial score (nSPS) is 10.4. The van der Waals surface area contributed by atoms with Gasteiger partial charge in [-0.2, -0.15) is 0 Å². The molecule has 4 nitrogen and oxygen atoms in total. The van der Waals surface area contributed by atoms with Gasteiger partial charge in [0.15, 0.2) is 0 Å². The van der Waals surface area contributed by atoms with E-state index in [1.165, 1.54) is 6.20 Å². The second kappa shape index (κ2) is 5.46. The molecule has 18 heavy (non-hydrogen) atoms. The van der Waals surface area contributed by atoms with E-state index in [-0.39, 0.29) is 5.91 Å². The Balaban J connectivity index is 2.09. The molecule has 2 heterocycles. The molecule has 0 spiro atoms. The standard InChI is InChI=1S/C12H12ClN3OS/c1-8-10(18-7-15-8)6-16(2)12(17)9-3-4-11(13)14-5-9/h3-5,7H,6H2,1-2H3. The van der Waals surface area contributed by atoms with Gasteiger partial charge in [-0.25, -0.2) is 9.97 Å². The van der Waals surface area contributed by atoms with Gasteiger partial charge in [0.1, 0.15) is 5.15 Å². The molecule has 2 aromatic heterocycles. The van der Waals surface area contributed by atoms with E-state index in [0.717, 1.165) is 10.6 Å². The highest BCUT2D eigenvalue weighted by Gasteiger charge is 2.14. The fourth-order valence-corrected chi connectivity index (χ4v) is 2.43. The van der Waals surface area contributed by atoms with E-state index in [4.69, 9.17) is 11.6 Å². The molecule has 0 fully saturated rings. The SMILES string of the molecule is Cc1ncsc1CN(C)C(=O)c1ccc(Cl)nc1. The summed E-state index contributed by atoms with van der Waals surface area (Å²) in [5.74, 6) is -0.0769. The molecule has 0 N–H and O–H groups in total. The maximum atomic E-state index is 12.1. The summed E-state index contributed by atoms with van der Waals surface area (Å²) in [5.41, 5.74) is 3.28. The van der Waals surface area contributed by atoms with Crippen LogP contribution >= 0.6 is 22.9 Å². The zero-order chi connectivity index (χ0) is 13.1. The number of hydrogen-bond donors (Lipinski definition) is 0. The first-order chi connectivity index (χ1) is 8.58. The molecule has 0 atom stereocenters. The van der Waals surface area contributed by atoms with E-state index in [0.29, 0.717) is 17.3 Å². The number of thiazole rings is 1. The largest absolute Gasteiger partial charge is 0.336 e. The molecule has 1 amide bonds. The van der Waals surface area contributed by atoms with Crippen molar-refractivity contribution in [2.45, 2.75) is 13.5 Å². The molecule has 94 valence electrons. The Morgan fingerprint density at radius 3 is 2.78 bits per heavy atom. The Kier molecular flexibility index (Phi) is 3.93. The minimum Gasteiger partial charge on any atom is -0.336 e. The molecule has 0 aromatic carbocycles. The fraction of sp³-hybridized carbons (Fsp3) is 0.250. The molecule has 0 bridgehead atoms. The van der Waals surface area contributed by atoms with Crippen LogP contribution in [0.3, 0.4) is 0 Å². The highest BCUT2D eigenvalue weighted by Crippen LogP contribution is 2.16. The third kappa shape index (κ3) is 2.86. The zero-order valence-electron chi connectivity index (χ0n) is 10.1. The quantitative estimate of drug-likeness (QED) is 0.813. The summed E-state index contributed by atoms with van der Waals surface area (Å²) in [7, 11) is 1.76. The van der Waals surface area contributed by atoms with E-state index in [1.807, 2.05) is 6.92 Å². The zero-order valence-corrected chi connectivity index (χ0v) is 11.6. The summed E-state index contributed by atoms with van der Waals surface area (Å²) in [4.78, 5) is 22.9. The lowest BCUT2D eigenvalue weighted by atomic mass is 10.2. The molecule has 2 aromatic rings. The van der Waals surface area contributed by atoms with E-state index in [1.54, 1.807) is 40.9 Å². The van der Waals surface area contributed by atoms with Gasteiger partial charge in [-0.3, -0.25) is 4.79 Å². The first kappa shape index (κ1) is 13.0. The summed E-state index contributed by atoms with van der Waals surface area (Å²) in [6.07, 6.45) is 1.49. The Hall–Kier alpha value is -1.46. The molecule has 2 rings (SSSR count). The second-order valence-corrected chi connectivity index (χ2v) is 5.22. The molecule has 0 aliphatic heterocycles. The predicted octanol–water partition coefficient (Wildman–Crippen LogP) is 2.77. The molecule has 0 saturated carbocycles. The van der Waals surface area contributed by atoms with Crippen LogP contribution < -0.4 is 0 Å². The topological polar surface area (TPSA) is 46.1 Å². The Morgan fingerprint density at radius 1 is 1.44 bits per heavy atom. The van der Waals surface area contributed by atoms with Crippen LogP contribution in [0.2, 0.25) is 5.15 Å². The Bertz CT molecular complexity index is 553. The van der Waals surface area contributed by atoms with E-state index in [9.17, 15) is 4.79 Å². The molecular formula is C12H12ClN3OS. The van der Waals surface area contributed by atoms with Gasteiger partial charge in [-0.1, -0.05) is 11.6 Å². The van der Waals surface area contributed by atoms with Gasteiger partial charge in [0, 0.05) is 18.1 Å². The monoisotopic (exact) mass is 281 g/mol. The third-order valence-corrected chi connectivity index (χ3v) is 3.69. The van der Waals surface area contributed by atoms with Crippen molar-refractivity contribution in [3.05, 3.63) is 45.1 Å². The summed E-state index contributed by atoms with van der Waals surface area (Å²) in [6.45, 7) is 2.49. The number of aryl methyl sites for hydroxylation is 1. The van der Waals surface area contributed by atoms with Crippen LogP contribution in [0.4, 0.5) is 0 Å². The lowest BCUT2D eigenvalue weighted by molar-refractivity contribution is 0.0786. The Labute approximate surface area is 114 Å². The highest BCUT2D eigenvalue weighted by atomic mass is 35.5. The van der Waals surface area contributed by atoms with Crippen LogP contribution in [0.1, 0.15) is 20.9 Å². The molecule has 0 aliphatic rings. The maximum Gasteiger partial charge on any atom is 0.255 e. The minimum absolute atomic E-state index is 0.0769. The van der Waals surface area contributed by atoms with E-state index in [2.05, 4.69) is 9.97 Å². The number of carbonyl (C=O) groups is 1. The van der Waals surface area contributed by atoms with Gasteiger partial charge in [0.2, 0.25) is 0 Å². The summed E-state index contributed by atoms with van der Waals surface area (Å²) < 4.78 is 0. The van der Waals surface area contributed by atoms with Crippen molar-refractivity contribution in [1.82, 2.24) is 14.9 Å². The molecular weight excluding hydrogens is 270 g/mol. The lowest BCUT2D eigenvalue weighted by Gasteiger charge is -2.16. The molecule has 0 unspecified atom stereocenters. The average molecular weight is 282 g/mol. The number of nitrogens with zero attached hydrogens (tertiary/aromatic N) is 3. The van der Waals surface area contributed by atoms with Gasteiger partial charge in [0.25, 0.3) is 5.91 Å².